The molecular weight excluding hydrogens is 573 g/mol. The Morgan fingerprint density at radius 1 is 1.00 bits per heavy atom. The summed E-state index contributed by atoms with van der Waals surface area (Å²) < 4.78 is 0. The van der Waals surface area contributed by atoms with Crippen LogP contribution in [0.15, 0.2) is 71.9 Å². The quantitative estimate of drug-likeness (QED) is 0.220. The molecule has 1 heterocycles. The number of alkyl halides is 1. The maximum absolute atomic E-state index is 12.6. The molecule has 0 aromatic heterocycles. The molecule has 0 unspecified atom stereocenters. The lowest BCUT2D eigenvalue weighted by Crippen LogP contribution is -2.21. The molecule has 3 nitrogen and oxygen atoms in total. The van der Waals surface area contributed by atoms with Crippen molar-refractivity contribution in [2.45, 2.75) is 6.92 Å². The van der Waals surface area contributed by atoms with Gasteiger partial charge in [0.2, 0.25) is 0 Å². The van der Waals surface area contributed by atoms with Gasteiger partial charge in [-0.15, -0.1) is 11.6 Å². The summed E-state index contributed by atoms with van der Waals surface area (Å²) >= 11 is 8.88. The number of nitrogens with zero attached hydrogens (tertiary/aromatic N) is 2. The number of para-hydroxylation sites is 1. The number of rotatable bonds is 3. The van der Waals surface area contributed by atoms with Gasteiger partial charge in [0.1, 0.15) is 0 Å². The SMILES string of the molecule is C=Cc1ccc(C=C2C(=O)N(c3ccccc3)N=C2C)cc1.CCl.II. The van der Waals surface area contributed by atoms with Crippen molar-refractivity contribution in [1.82, 2.24) is 0 Å². The molecule has 0 fully saturated rings. The molecular formula is C20H19ClI2N2O. The van der Waals surface area contributed by atoms with E-state index in [1.165, 1.54) is 11.4 Å². The number of benzene rings is 2. The summed E-state index contributed by atoms with van der Waals surface area (Å²) in [6.45, 7) is 5.59. The molecule has 26 heavy (non-hydrogen) atoms. The minimum absolute atomic E-state index is 0.100. The van der Waals surface area contributed by atoms with E-state index >= 15 is 0 Å². The molecule has 2 aromatic rings. The number of hydrazone groups is 1. The van der Waals surface area contributed by atoms with Crippen LogP contribution >= 0.6 is 48.8 Å². The highest BCUT2D eigenvalue weighted by Crippen LogP contribution is 2.24. The molecule has 1 amide bonds. The van der Waals surface area contributed by atoms with E-state index in [1.807, 2.05) is 67.6 Å². The number of anilines is 1. The van der Waals surface area contributed by atoms with Crippen LogP contribution in [-0.4, -0.2) is 18.0 Å². The molecule has 0 atom stereocenters. The van der Waals surface area contributed by atoms with Gasteiger partial charge in [-0.3, -0.25) is 4.79 Å². The fraction of sp³-hybridized carbons (Fsp3) is 0.100. The summed E-state index contributed by atoms with van der Waals surface area (Å²) in [6, 6.07) is 17.3. The first-order valence-electron chi connectivity index (χ1n) is 7.60. The van der Waals surface area contributed by atoms with Gasteiger partial charge < -0.3 is 0 Å². The molecule has 6 heteroatoms. The summed E-state index contributed by atoms with van der Waals surface area (Å²) in [5.41, 5.74) is 4.14. The van der Waals surface area contributed by atoms with Gasteiger partial charge in [0.15, 0.2) is 0 Å². The molecule has 0 aliphatic carbocycles. The van der Waals surface area contributed by atoms with Gasteiger partial charge in [0.05, 0.1) is 17.0 Å². The maximum Gasteiger partial charge on any atom is 0.280 e. The van der Waals surface area contributed by atoms with E-state index in [-0.39, 0.29) is 5.91 Å². The number of carbonyl (C=O) groups excluding carboxylic acids is 1. The predicted octanol–water partition coefficient (Wildman–Crippen LogP) is 6.76. The molecule has 1 aliphatic rings. The largest absolute Gasteiger partial charge is 0.280 e. The van der Waals surface area contributed by atoms with Crippen LogP contribution < -0.4 is 5.01 Å². The Labute approximate surface area is 183 Å². The summed E-state index contributed by atoms with van der Waals surface area (Å²) in [7, 11) is 0. The highest BCUT2D eigenvalue weighted by Gasteiger charge is 2.28. The third-order valence-corrected chi connectivity index (χ3v) is 3.55. The third-order valence-electron chi connectivity index (χ3n) is 3.55. The molecule has 136 valence electrons. The van der Waals surface area contributed by atoms with Crippen molar-refractivity contribution in [1.29, 1.82) is 0 Å². The summed E-state index contributed by atoms with van der Waals surface area (Å²) in [5.74, 6) is -0.100. The van der Waals surface area contributed by atoms with Crippen molar-refractivity contribution in [2.75, 3.05) is 11.4 Å². The molecule has 3 rings (SSSR count). The van der Waals surface area contributed by atoms with Gasteiger partial charge in [-0.25, -0.2) is 0 Å². The molecule has 0 saturated carbocycles. The topological polar surface area (TPSA) is 32.7 Å². The fourth-order valence-electron chi connectivity index (χ4n) is 2.32. The van der Waals surface area contributed by atoms with Crippen LogP contribution in [0.25, 0.3) is 12.2 Å². The Morgan fingerprint density at radius 3 is 2.08 bits per heavy atom. The van der Waals surface area contributed by atoms with E-state index in [1.54, 1.807) is 6.08 Å². The van der Waals surface area contributed by atoms with Crippen LogP contribution in [0.3, 0.4) is 0 Å². The highest BCUT2D eigenvalue weighted by atomic mass is 128. The first-order valence-corrected chi connectivity index (χ1v) is 14.6. The van der Waals surface area contributed by atoms with Crippen molar-refractivity contribution in [3.8, 4) is 0 Å². The minimum atomic E-state index is -0.100. The summed E-state index contributed by atoms with van der Waals surface area (Å²) in [5, 5.41) is 5.81. The lowest BCUT2D eigenvalue weighted by atomic mass is 10.1. The zero-order valence-corrected chi connectivity index (χ0v) is 19.6. The number of carbonyl (C=O) groups is 1. The van der Waals surface area contributed by atoms with Gasteiger partial charge in [-0.2, -0.15) is 10.1 Å². The fourth-order valence-corrected chi connectivity index (χ4v) is 2.32. The zero-order chi connectivity index (χ0) is 19.5. The van der Waals surface area contributed by atoms with E-state index in [2.05, 4.69) is 60.5 Å². The molecule has 0 saturated heterocycles. The van der Waals surface area contributed by atoms with Crippen LogP contribution in [0.5, 0.6) is 0 Å². The van der Waals surface area contributed by atoms with Crippen LogP contribution in [0.4, 0.5) is 5.69 Å². The zero-order valence-electron chi connectivity index (χ0n) is 14.5. The third kappa shape index (κ3) is 5.92. The lowest BCUT2D eigenvalue weighted by molar-refractivity contribution is -0.114. The highest BCUT2D eigenvalue weighted by molar-refractivity contribution is 15.0. The Hall–Kier alpha value is -1.19. The van der Waals surface area contributed by atoms with Crippen LogP contribution in [0.2, 0.25) is 0 Å². The number of halogens is 3. The Bertz CT molecular complexity index is 787. The van der Waals surface area contributed by atoms with Crippen molar-refractivity contribution in [2.24, 2.45) is 5.10 Å². The van der Waals surface area contributed by atoms with Crippen LogP contribution in [-0.2, 0) is 4.79 Å². The molecule has 1 aliphatic heterocycles. The second kappa shape index (κ2) is 12.2. The average molecular weight is 593 g/mol. The van der Waals surface area contributed by atoms with Crippen molar-refractivity contribution >= 4 is 78.3 Å². The van der Waals surface area contributed by atoms with Crippen molar-refractivity contribution in [3.63, 3.8) is 0 Å². The van der Waals surface area contributed by atoms with E-state index in [0.29, 0.717) is 5.57 Å². The van der Waals surface area contributed by atoms with E-state index in [0.717, 1.165) is 22.5 Å². The number of hydrogen-bond donors (Lipinski definition) is 0. The summed E-state index contributed by atoms with van der Waals surface area (Å²) in [4.78, 5) is 12.6. The van der Waals surface area contributed by atoms with E-state index < -0.39 is 0 Å². The van der Waals surface area contributed by atoms with Crippen LogP contribution in [0, 0.1) is 0 Å². The van der Waals surface area contributed by atoms with Gasteiger partial charge in [0, 0.05) is 43.6 Å². The van der Waals surface area contributed by atoms with E-state index in [4.69, 9.17) is 0 Å². The molecule has 0 radical (unpaired) electrons. The second-order valence-electron chi connectivity index (χ2n) is 5.07. The Morgan fingerprint density at radius 2 is 1.54 bits per heavy atom. The van der Waals surface area contributed by atoms with Crippen LogP contribution in [0.1, 0.15) is 18.1 Å². The minimum Gasteiger partial charge on any atom is -0.267 e. The normalized spacial score (nSPS) is 14.0. The Balaban J connectivity index is 0.000000791. The molecule has 0 spiro atoms. The van der Waals surface area contributed by atoms with Gasteiger partial charge in [0.25, 0.3) is 5.91 Å². The monoisotopic (exact) mass is 592 g/mol. The first-order chi connectivity index (χ1) is 12.7. The maximum atomic E-state index is 12.6. The van der Waals surface area contributed by atoms with Gasteiger partial charge in [-0.1, -0.05) is 55.1 Å². The number of hydrogen-bond acceptors (Lipinski definition) is 2. The smallest absolute Gasteiger partial charge is 0.267 e. The Kier molecular flexibility index (Phi) is 10.8. The summed E-state index contributed by atoms with van der Waals surface area (Å²) in [6.07, 6.45) is 5.14. The van der Waals surface area contributed by atoms with Gasteiger partial charge >= 0.3 is 0 Å². The average Bonchev–Trinajstić information content (AvgIpc) is 3.00. The predicted molar refractivity (Wildman–Crippen MR) is 131 cm³/mol. The van der Waals surface area contributed by atoms with Gasteiger partial charge in [-0.05, 0) is 36.3 Å². The second-order valence-corrected chi connectivity index (χ2v) is 5.07. The number of amides is 1. The standard InChI is InChI=1S/C19H16N2O.CH3Cl.I2/c1-3-15-9-11-16(12-10-15)13-18-14(2)20-21(19(18)22)17-7-5-4-6-8-17;2*1-2/h3-13H,1H2,2H3;1H3;. The lowest BCUT2D eigenvalue weighted by Gasteiger charge is -2.11. The molecule has 0 N–H and O–H groups in total. The molecule has 0 bridgehead atoms. The van der Waals surface area contributed by atoms with Crippen molar-refractivity contribution in [3.05, 3.63) is 77.9 Å². The first kappa shape index (κ1) is 22.9. The molecule has 2 aromatic carbocycles. The van der Waals surface area contributed by atoms with E-state index in [9.17, 15) is 4.79 Å². The van der Waals surface area contributed by atoms with Crippen molar-refractivity contribution < 1.29 is 4.79 Å².